The zero-order valence-corrected chi connectivity index (χ0v) is 12.3. The van der Waals surface area contributed by atoms with Gasteiger partial charge >= 0.3 is 5.97 Å². The van der Waals surface area contributed by atoms with Gasteiger partial charge in [0.15, 0.2) is 0 Å². The summed E-state index contributed by atoms with van der Waals surface area (Å²) in [5, 5.41) is 9.26. The molecule has 1 spiro atoms. The van der Waals surface area contributed by atoms with Gasteiger partial charge in [-0.1, -0.05) is 0 Å². The lowest BCUT2D eigenvalue weighted by Gasteiger charge is -2.45. The molecule has 112 valence electrons. The Labute approximate surface area is 121 Å². The predicted molar refractivity (Wildman–Crippen MR) is 77.1 cm³/mol. The van der Waals surface area contributed by atoms with E-state index in [1.165, 1.54) is 56.9 Å². The number of ether oxygens (including phenoxy) is 1. The summed E-state index contributed by atoms with van der Waals surface area (Å²) in [7, 11) is 0. The molecular formula is C17H26O3. The van der Waals surface area contributed by atoms with Crippen LogP contribution in [0.5, 0.6) is 0 Å². The van der Waals surface area contributed by atoms with Crippen LogP contribution in [0, 0.1) is 17.3 Å². The smallest absolute Gasteiger partial charge is 0.331 e. The van der Waals surface area contributed by atoms with Crippen LogP contribution in [-0.2, 0) is 9.53 Å². The average Bonchev–Trinajstić information content (AvgIpc) is 2.88. The molecule has 1 aliphatic heterocycles. The molecule has 0 saturated heterocycles. The van der Waals surface area contributed by atoms with Gasteiger partial charge in [0.2, 0.25) is 0 Å². The van der Waals surface area contributed by atoms with Crippen LogP contribution in [0.2, 0.25) is 0 Å². The van der Waals surface area contributed by atoms with Gasteiger partial charge in [0.05, 0.1) is 0 Å². The minimum absolute atomic E-state index is 0.158. The second-order valence-electron chi connectivity index (χ2n) is 7.18. The number of esters is 1. The number of carbonyl (C=O) groups is 1. The minimum Gasteiger partial charge on any atom is -0.458 e. The minimum atomic E-state index is -0.158. The van der Waals surface area contributed by atoms with Gasteiger partial charge < -0.3 is 9.84 Å². The molecule has 3 rings (SSSR count). The summed E-state index contributed by atoms with van der Waals surface area (Å²) < 4.78 is 4.99. The number of aliphatic hydroxyl groups is 1. The molecule has 0 atom stereocenters. The van der Waals surface area contributed by atoms with E-state index in [1.54, 1.807) is 6.08 Å². The first-order valence-corrected chi connectivity index (χ1v) is 8.16. The molecule has 3 heteroatoms. The van der Waals surface area contributed by atoms with Crippen molar-refractivity contribution in [2.45, 2.75) is 57.8 Å². The molecule has 0 unspecified atom stereocenters. The molecule has 0 aromatic carbocycles. The molecule has 1 N–H and O–H groups in total. The second kappa shape index (κ2) is 5.88. The van der Waals surface area contributed by atoms with Crippen LogP contribution in [0.1, 0.15) is 57.8 Å². The van der Waals surface area contributed by atoms with Gasteiger partial charge in [-0.05, 0) is 80.6 Å². The number of cyclic esters (lactones) is 1. The first-order valence-electron chi connectivity index (χ1n) is 8.16. The van der Waals surface area contributed by atoms with Crippen molar-refractivity contribution in [1.82, 2.24) is 0 Å². The summed E-state index contributed by atoms with van der Waals surface area (Å²) in [6.07, 6.45) is 13.1. The summed E-state index contributed by atoms with van der Waals surface area (Å²) in [5.74, 6) is 1.15. The maximum absolute atomic E-state index is 11.1. The van der Waals surface area contributed by atoms with Crippen molar-refractivity contribution >= 4 is 5.97 Å². The van der Waals surface area contributed by atoms with E-state index < -0.39 is 0 Å². The Hall–Kier alpha value is -0.830. The Kier molecular flexibility index (Phi) is 4.16. The summed E-state index contributed by atoms with van der Waals surface area (Å²) >= 11 is 0. The van der Waals surface area contributed by atoms with Gasteiger partial charge in [0, 0.05) is 12.7 Å². The summed E-state index contributed by atoms with van der Waals surface area (Å²) in [6.45, 7) is 0.902. The quantitative estimate of drug-likeness (QED) is 0.806. The number of rotatable bonds is 3. The van der Waals surface area contributed by atoms with Gasteiger partial charge in [-0.3, -0.25) is 0 Å². The fraction of sp³-hybridized carbons (Fsp3) is 0.824. The monoisotopic (exact) mass is 278 g/mol. The molecule has 2 fully saturated rings. The molecule has 2 aliphatic carbocycles. The molecular weight excluding hydrogens is 252 g/mol. The largest absolute Gasteiger partial charge is 0.458 e. The van der Waals surface area contributed by atoms with Crippen molar-refractivity contribution in [2.24, 2.45) is 17.3 Å². The van der Waals surface area contributed by atoms with E-state index in [1.807, 2.05) is 0 Å². The second-order valence-corrected chi connectivity index (χ2v) is 7.18. The third kappa shape index (κ3) is 3.08. The van der Waals surface area contributed by atoms with Crippen LogP contribution in [0.25, 0.3) is 0 Å². The third-order valence-corrected chi connectivity index (χ3v) is 5.86. The predicted octanol–water partition coefficient (Wildman–Crippen LogP) is 3.22. The molecule has 0 amide bonds. The van der Waals surface area contributed by atoms with Crippen molar-refractivity contribution in [1.29, 1.82) is 0 Å². The van der Waals surface area contributed by atoms with Crippen molar-refractivity contribution < 1.29 is 14.6 Å². The highest BCUT2D eigenvalue weighted by molar-refractivity contribution is 5.85. The average molecular weight is 278 g/mol. The molecule has 20 heavy (non-hydrogen) atoms. The van der Waals surface area contributed by atoms with E-state index in [0.717, 1.165) is 12.3 Å². The molecule has 3 aliphatic rings. The van der Waals surface area contributed by atoms with Crippen molar-refractivity contribution in [3.8, 4) is 0 Å². The molecule has 0 bridgehead atoms. The highest BCUT2D eigenvalue weighted by atomic mass is 16.5. The Morgan fingerprint density at radius 2 is 1.70 bits per heavy atom. The third-order valence-electron chi connectivity index (χ3n) is 5.86. The van der Waals surface area contributed by atoms with Crippen LogP contribution in [-0.4, -0.2) is 24.3 Å². The van der Waals surface area contributed by atoms with E-state index in [2.05, 4.69) is 0 Å². The highest BCUT2D eigenvalue weighted by Gasteiger charge is 2.38. The number of hydrogen-bond donors (Lipinski definition) is 1. The molecule has 3 nitrogen and oxygen atoms in total. The lowest BCUT2D eigenvalue weighted by atomic mass is 9.61. The molecule has 1 heterocycles. The Morgan fingerprint density at radius 3 is 2.20 bits per heavy atom. The topological polar surface area (TPSA) is 46.5 Å². The standard InChI is InChI=1S/C17H26O3/c18-11-14-3-7-17(8-4-14)5-1-13(2-6-17)9-15-10-16(19)20-12-15/h10,13-14,18H,1-9,11-12H2. The van der Waals surface area contributed by atoms with Crippen molar-refractivity contribution in [3.63, 3.8) is 0 Å². The van der Waals surface area contributed by atoms with Crippen LogP contribution in [0.4, 0.5) is 0 Å². The zero-order chi connectivity index (χ0) is 14.0. The Morgan fingerprint density at radius 1 is 1.10 bits per heavy atom. The fourth-order valence-corrected chi connectivity index (χ4v) is 4.37. The fourth-order valence-electron chi connectivity index (χ4n) is 4.37. The van der Waals surface area contributed by atoms with Crippen LogP contribution < -0.4 is 0 Å². The summed E-state index contributed by atoms with van der Waals surface area (Å²) in [6, 6.07) is 0. The van der Waals surface area contributed by atoms with Gasteiger partial charge in [0.1, 0.15) is 6.61 Å². The first-order chi connectivity index (χ1) is 9.69. The molecule has 0 aromatic rings. The first kappa shape index (κ1) is 14.1. The van der Waals surface area contributed by atoms with Crippen LogP contribution in [0.3, 0.4) is 0 Å². The van der Waals surface area contributed by atoms with E-state index >= 15 is 0 Å². The van der Waals surface area contributed by atoms with E-state index in [9.17, 15) is 9.90 Å². The molecule has 0 aromatic heterocycles. The van der Waals surface area contributed by atoms with Crippen molar-refractivity contribution in [3.05, 3.63) is 11.6 Å². The van der Waals surface area contributed by atoms with Gasteiger partial charge in [-0.2, -0.15) is 0 Å². The van der Waals surface area contributed by atoms with E-state index in [0.29, 0.717) is 24.5 Å². The summed E-state index contributed by atoms with van der Waals surface area (Å²) in [4.78, 5) is 11.1. The number of carbonyl (C=O) groups excluding carboxylic acids is 1. The normalized spacial score (nSPS) is 37.9. The molecule has 2 saturated carbocycles. The molecule has 0 radical (unpaired) electrons. The van der Waals surface area contributed by atoms with E-state index in [-0.39, 0.29) is 5.97 Å². The van der Waals surface area contributed by atoms with Crippen LogP contribution in [0.15, 0.2) is 11.6 Å². The summed E-state index contributed by atoms with van der Waals surface area (Å²) in [5.41, 5.74) is 1.78. The van der Waals surface area contributed by atoms with Gasteiger partial charge in [-0.15, -0.1) is 0 Å². The number of aliphatic hydroxyl groups excluding tert-OH is 1. The zero-order valence-electron chi connectivity index (χ0n) is 12.3. The van der Waals surface area contributed by atoms with E-state index in [4.69, 9.17) is 4.74 Å². The van der Waals surface area contributed by atoms with Crippen LogP contribution >= 0.6 is 0 Å². The maximum atomic E-state index is 11.1. The van der Waals surface area contributed by atoms with Gasteiger partial charge in [-0.25, -0.2) is 4.79 Å². The lowest BCUT2D eigenvalue weighted by Crippen LogP contribution is -2.33. The highest BCUT2D eigenvalue weighted by Crippen LogP contribution is 2.50. The SMILES string of the molecule is O=C1C=C(CC2CCC3(CCC(CO)CC3)CC2)CO1. The van der Waals surface area contributed by atoms with Gasteiger partial charge in [0.25, 0.3) is 0 Å². The number of hydrogen-bond acceptors (Lipinski definition) is 3. The maximum Gasteiger partial charge on any atom is 0.331 e. The lowest BCUT2D eigenvalue weighted by molar-refractivity contribution is -0.134. The van der Waals surface area contributed by atoms with Crippen molar-refractivity contribution in [2.75, 3.05) is 13.2 Å². The Bertz CT molecular complexity index is 381. The Balaban J connectivity index is 1.47.